The molecule has 8 heteroatoms. The van der Waals surface area contributed by atoms with E-state index in [9.17, 15) is 14.0 Å². The molecule has 154 valence electrons. The van der Waals surface area contributed by atoms with Gasteiger partial charge in [-0.3, -0.25) is 9.59 Å². The van der Waals surface area contributed by atoms with Crippen molar-refractivity contribution < 1.29 is 13.9 Å². The Balaban J connectivity index is 1.48. The van der Waals surface area contributed by atoms with Crippen LogP contribution in [0.5, 0.6) is 11.6 Å². The number of nitrogens with zero attached hydrogens (tertiary/aromatic N) is 3. The van der Waals surface area contributed by atoms with Gasteiger partial charge in [-0.2, -0.15) is 9.78 Å². The first-order chi connectivity index (χ1) is 15.0. The summed E-state index contributed by atoms with van der Waals surface area (Å²) in [7, 11) is 0. The molecule has 0 fully saturated rings. The average Bonchev–Trinajstić information content (AvgIpc) is 2.78. The topological polar surface area (TPSA) is 86.1 Å². The van der Waals surface area contributed by atoms with Crippen molar-refractivity contribution in [2.45, 2.75) is 6.92 Å². The van der Waals surface area contributed by atoms with E-state index in [4.69, 9.17) is 4.74 Å². The molecule has 0 spiro atoms. The van der Waals surface area contributed by atoms with Gasteiger partial charge in [-0.05, 0) is 55.5 Å². The van der Waals surface area contributed by atoms with E-state index in [0.29, 0.717) is 23.0 Å². The third-order valence-electron chi connectivity index (χ3n) is 4.34. The zero-order valence-electron chi connectivity index (χ0n) is 16.4. The van der Waals surface area contributed by atoms with Crippen LogP contribution in [0.3, 0.4) is 0 Å². The van der Waals surface area contributed by atoms with Crippen LogP contribution in [0.1, 0.15) is 16.1 Å². The van der Waals surface area contributed by atoms with Gasteiger partial charge < -0.3 is 10.1 Å². The van der Waals surface area contributed by atoms with Crippen molar-refractivity contribution in [3.63, 3.8) is 0 Å². The lowest BCUT2D eigenvalue weighted by Gasteiger charge is -2.09. The molecular formula is C23H17FN4O3. The number of rotatable bonds is 5. The summed E-state index contributed by atoms with van der Waals surface area (Å²) < 4.78 is 19.8. The van der Waals surface area contributed by atoms with Crippen molar-refractivity contribution >= 4 is 11.6 Å². The number of pyridine rings is 1. The number of amides is 1. The second-order valence-corrected chi connectivity index (χ2v) is 6.70. The van der Waals surface area contributed by atoms with Crippen LogP contribution >= 0.6 is 0 Å². The van der Waals surface area contributed by atoms with Gasteiger partial charge in [-0.1, -0.05) is 17.7 Å². The molecule has 4 rings (SSSR count). The normalized spacial score (nSPS) is 10.5. The maximum atomic E-state index is 13.1. The van der Waals surface area contributed by atoms with Crippen LogP contribution in [0.15, 0.2) is 83.8 Å². The summed E-state index contributed by atoms with van der Waals surface area (Å²) >= 11 is 0. The number of carbonyl (C=O) groups is 1. The van der Waals surface area contributed by atoms with Crippen molar-refractivity contribution in [1.82, 2.24) is 14.8 Å². The molecule has 0 aliphatic rings. The van der Waals surface area contributed by atoms with Gasteiger partial charge in [0.15, 0.2) is 0 Å². The van der Waals surface area contributed by atoms with Gasteiger partial charge in [-0.15, -0.1) is 0 Å². The van der Waals surface area contributed by atoms with Crippen molar-refractivity contribution in [2.75, 3.05) is 5.32 Å². The fraction of sp³-hybridized carbons (Fsp3) is 0.0435. The van der Waals surface area contributed by atoms with Crippen LogP contribution in [-0.2, 0) is 0 Å². The fourth-order valence-electron chi connectivity index (χ4n) is 2.74. The average molecular weight is 416 g/mol. The van der Waals surface area contributed by atoms with Gasteiger partial charge >= 0.3 is 0 Å². The minimum Gasteiger partial charge on any atom is -0.439 e. The quantitative estimate of drug-likeness (QED) is 0.529. The SMILES string of the molecule is Cc1ccc(Oc2ccc(NC(=O)c3ccc(=O)n(-c4ccc(F)cc4)n3)cn2)cc1. The minimum atomic E-state index is -0.523. The van der Waals surface area contributed by atoms with E-state index < -0.39 is 17.3 Å². The van der Waals surface area contributed by atoms with Crippen LogP contribution < -0.4 is 15.6 Å². The zero-order chi connectivity index (χ0) is 21.8. The molecule has 31 heavy (non-hydrogen) atoms. The number of ether oxygens (including phenoxy) is 1. The first kappa shape index (κ1) is 20.0. The lowest BCUT2D eigenvalue weighted by molar-refractivity contribution is 0.102. The molecule has 0 unspecified atom stereocenters. The maximum absolute atomic E-state index is 13.1. The number of hydrogen-bond donors (Lipinski definition) is 1. The van der Waals surface area contributed by atoms with Crippen LogP contribution in [0.4, 0.5) is 10.1 Å². The Labute approximate surface area is 176 Å². The molecule has 0 aliphatic carbocycles. The first-order valence-corrected chi connectivity index (χ1v) is 9.36. The molecular weight excluding hydrogens is 399 g/mol. The molecule has 0 saturated carbocycles. The molecule has 0 bridgehead atoms. The molecule has 4 aromatic rings. The van der Waals surface area contributed by atoms with Crippen LogP contribution in [0, 0.1) is 12.7 Å². The summed E-state index contributed by atoms with van der Waals surface area (Å²) in [6.07, 6.45) is 1.46. The van der Waals surface area contributed by atoms with Gasteiger partial charge in [0.1, 0.15) is 17.3 Å². The molecule has 7 nitrogen and oxygen atoms in total. The maximum Gasteiger partial charge on any atom is 0.276 e. The predicted octanol–water partition coefficient (Wildman–Crippen LogP) is 4.12. The van der Waals surface area contributed by atoms with Gasteiger partial charge in [0.25, 0.3) is 11.5 Å². The lowest BCUT2D eigenvalue weighted by Crippen LogP contribution is -2.24. The van der Waals surface area contributed by atoms with Crippen LogP contribution in [-0.4, -0.2) is 20.7 Å². The summed E-state index contributed by atoms with van der Waals surface area (Å²) in [6, 6.07) is 18.6. The largest absolute Gasteiger partial charge is 0.439 e. The Bertz CT molecular complexity index is 1270. The highest BCUT2D eigenvalue weighted by atomic mass is 19.1. The minimum absolute atomic E-state index is 0.0175. The number of benzene rings is 2. The number of aryl methyl sites for hydroxylation is 1. The van der Waals surface area contributed by atoms with E-state index in [2.05, 4.69) is 15.4 Å². The van der Waals surface area contributed by atoms with E-state index >= 15 is 0 Å². The molecule has 0 aliphatic heterocycles. The molecule has 1 amide bonds. The van der Waals surface area contributed by atoms with Crippen molar-refractivity contribution in [3.8, 4) is 17.3 Å². The summed E-state index contributed by atoms with van der Waals surface area (Å²) in [4.78, 5) is 28.8. The highest BCUT2D eigenvalue weighted by Crippen LogP contribution is 2.21. The van der Waals surface area contributed by atoms with Gasteiger partial charge in [0.05, 0.1) is 17.6 Å². The lowest BCUT2D eigenvalue weighted by atomic mass is 10.2. The van der Waals surface area contributed by atoms with Crippen molar-refractivity contribution in [1.29, 1.82) is 0 Å². The van der Waals surface area contributed by atoms with E-state index in [0.717, 1.165) is 10.2 Å². The first-order valence-electron chi connectivity index (χ1n) is 9.36. The Hall–Kier alpha value is -4.33. The van der Waals surface area contributed by atoms with E-state index in [1.54, 1.807) is 12.1 Å². The van der Waals surface area contributed by atoms with Crippen molar-refractivity contribution in [2.24, 2.45) is 0 Å². The van der Waals surface area contributed by atoms with Crippen molar-refractivity contribution in [3.05, 3.63) is 106 Å². The number of carbonyl (C=O) groups excluding carboxylic acids is 1. The van der Waals surface area contributed by atoms with E-state index in [1.807, 2.05) is 31.2 Å². The Morgan fingerprint density at radius 2 is 1.71 bits per heavy atom. The molecule has 0 saturated heterocycles. The highest BCUT2D eigenvalue weighted by Gasteiger charge is 2.12. The molecule has 0 radical (unpaired) electrons. The predicted molar refractivity (Wildman–Crippen MR) is 113 cm³/mol. The van der Waals surface area contributed by atoms with E-state index in [1.165, 1.54) is 42.6 Å². The van der Waals surface area contributed by atoms with Crippen LogP contribution in [0.25, 0.3) is 5.69 Å². The van der Waals surface area contributed by atoms with E-state index in [-0.39, 0.29) is 5.69 Å². The summed E-state index contributed by atoms with van der Waals surface area (Å²) in [5.41, 5.74) is 1.48. The standard InChI is InChI=1S/C23H17FN4O3/c1-15-2-9-19(10-3-15)31-21-12-6-17(14-25-21)26-23(30)20-11-13-22(29)28(27-20)18-7-4-16(24)5-8-18/h2-14H,1H3,(H,26,30). The number of nitrogens with one attached hydrogen (secondary N) is 1. The van der Waals surface area contributed by atoms with Gasteiger partial charge in [-0.25, -0.2) is 9.37 Å². The molecule has 0 atom stereocenters. The number of anilines is 1. The zero-order valence-corrected chi connectivity index (χ0v) is 16.4. The number of halogens is 1. The Morgan fingerprint density at radius 1 is 0.968 bits per heavy atom. The molecule has 1 N–H and O–H groups in total. The Kier molecular flexibility index (Phi) is 5.53. The molecule has 2 aromatic carbocycles. The third-order valence-corrected chi connectivity index (χ3v) is 4.34. The molecule has 2 heterocycles. The van der Waals surface area contributed by atoms with Crippen LogP contribution in [0.2, 0.25) is 0 Å². The number of hydrogen-bond acceptors (Lipinski definition) is 5. The smallest absolute Gasteiger partial charge is 0.276 e. The second kappa shape index (κ2) is 8.58. The van der Waals surface area contributed by atoms with Gasteiger partial charge in [0.2, 0.25) is 5.88 Å². The monoisotopic (exact) mass is 416 g/mol. The fourth-order valence-corrected chi connectivity index (χ4v) is 2.74. The summed E-state index contributed by atoms with van der Waals surface area (Å²) in [5.74, 6) is 0.0739. The second-order valence-electron chi connectivity index (χ2n) is 6.70. The summed E-state index contributed by atoms with van der Waals surface area (Å²) in [6.45, 7) is 1.99. The molecule has 2 aromatic heterocycles. The highest BCUT2D eigenvalue weighted by molar-refractivity contribution is 6.02. The number of aromatic nitrogens is 3. The third kappa shape index (κ3) is 4.81. The Morgan fingerprint density at radius 3 is 2.39 bits per heavy atom. The van der Waals surface area contributed by atoms with Gasteiger partial charge in [0, 0.05) is 12.1 Å². The summed E-state index contributed by atoms with van der Waals surface area (Å²) in [5, 5.41) is 6.74.